The van der Waals surface area contributed by atoms with Gasteiger partial charge in [-0.05, 0) is 42.0 Å². The summed E-state index contributed by atoms with van der Waals surface area (Å²) in [5, 5.41) is 7.55. The van der Waals surface area contributed by atoms with Crippen LogP contribution in [-0.4, -0.2) is 19.6 Å². The van der Waals surface area contributed by atoms with Crippen molar-refractivity contribution in [3.8, 4) is 11.1 Å². The average Bonchev–Trinajstić information content (AvgIpc) is 3.18. The van der Waals surface area contributed by atoms with Gasteiger partial charge in [-0.3, -0.25) is 9.38 Å². The Kier molecular flexibility index (Phi) is 4.21. The van der Waals surface area contributed by atoms with Gasteiger partial charge in [-0.1, -0.05) is 12.1 Å². The largest absolute Gasteiger partial charge is 0.332 e. The van der Waals surface area contributed by atoms with Crippen molar-refractivity contribution in [2.45, 2.75) is 5.92 Å². The van der Waals surface area contributed by atoms with Gasteiger partial charge in [0.05, 0.1) is 5.52 Å². The minimum Gasteiger partial charge on any atom is -0.278 e. The van der Waals surface area contributed by atoms with Crippen molar-refractivity contribution in [3.05, 3.63) is 95.8 Å². The molecule has 0 spiro atoms. The summed E-state index contributed by atoms with van der Waals surface area (Å²) in [6.07, 6.45) is 2.67. The van der Waals surface area contributed by atoms with Crippen LogP contribution in [0.2, 0.25) is 0 Å². The summed E-state index contributed by atoms with van der Waals surface area (Å²) in [6, 6.07) is 10.8. The van der Waals surface area contributed by atoms with Gasteiger partial charge < -0.3 is 0 Å². The molecule has 9 heteroatoms. The highest BCUT2D eigenvalue weighted by atomic mass is 19.3. The van der Waals surface area contributed by atoms with Crippen LogP contribution in [0.1, 0.15) is 11.4 Å². The van der Waals surface area contributed by atoms with Gasteiger partial charge in [0.1, 0.15) is 11.6 Å². The maximum Gasteiger partial charge on any atom is 0.332 e. The van der Waals surface area contributed by atoms with Crippen LogP contribution < -0.4 is 0 Å². The second-order valence-corrected chi connectivity index (χ2v) is 6.94. The Labute approximate surface area is 171 Å². The number of fused-ring (bicyclic) bond motifs is 2. The van der Waals surface area contributed by atoms with Crippen molar-refractivity contribution < 1.29 is 22.0 Å². The quantitative estimate of drug-likeness (QED) is 0.358. The van der Waals surface area contributed by atoms with E-state index in [9.17, 15) is 13.2 Å². The van der Waals surface area contributed by atoms with Crippen LogP contribution in [-0.2, 0) is 5.92 Å². The maximum atomic E-state index is 15.4. The third-order valence-corrected chi connectivity index (χ3v) is 4.90. The first-order chi connectivity index (χ1) is 14.8. The van der Waals surface area contributed by atoms with Crippen LogP contribution in [0.5, 0.6) is 0 Å². The molecule has 0 amide bonds. The molecule has 0 aliphatic heterocycles. The Hall–Kier alpha value is -3.88. The van der Waals surface area contributed by atoms with E-state index in [1.54, 1.807) is 18.3 Å². The SMILES string of the molecule is Fc1cc(F)cc(-c2cc(F)c3nnc(C(F)(F)c4ccc5ncccc5c4)n3c2)c1. The number of hydrogen-bond donors (Lipinski definition) is 0. The molecule has 4 nitrogen and oxygen atoms in total. The molecular formula is C22H11F5N4. The van der Waals surface area contributed by atoms with Gasteiger partial charge in [0, 0.05) is 35.0 Å². The first kappa shape index (κ1) is 19.1. The molecule has 154 valence electrons. The third-order valence-electron chi connectivity index (χ3n) is 4.90. The fourth-order valence-electron chi connectivity index (χ4n) is 3.45. The summed E-state index contributed by atoms with van der Waals surface area (Å²) < 4.78 is 73.3. The van der Waals surface area contributed by atoms with Crippen molar-refractivity contribution >= 4 is 16.6 Å². The number of benzene rings is 2. The van der Waals surface area contributed by atoms with Crippen LogP contribution in [0, 0.1) is 17.5 Å². The number of aromatic nitrogens is 4. The molecule has 31 heavy (non-hydrogen) atoms. The van der Waals surface area contributed by atoms with E-state index in [1.807, 2.05) is 0 Å². The molecule has 0 atom stereocenters. The standard InChI is InChI=1S/C22H11F5N4/c23-16-7-13(8-17(24)10-16)14-9-18(25)20-29-30-21(31(20)11-14)22(26,27)15-3-4-19-12(6-15)2-1-5-28-19/h1-11H. The van der Waals surface area contributed by atoms with E-state index in [4.69, 9.17) is 0 Å². The Morgan fingerprint density at radius 1 is 0.806 bits per heavy atom. The lowest BCUT2D eigenvalue weighted by Gasteiger charge is -2.16. The number of rotatable bonds is 3. The topological polar surface area (TPSA) is 43.1 Å². The second-order valence-electron chi connectivity index (χ2n) is 6.94. The van der Waals surface area contributed by atoms with E-state index in [1.165, 1.54) is 18.2 Å². The van der Waals surface area contributed by atoms with Crippen molar-refractivity contribution in [2.75, 3.05) is 0 Å². The molecule has 2 aromatic carbocycles. The monoisotopic (exact) mass is 426 g/mol. The molecule has 0 fully saturated rings. The zero-order valence-corrected chi connectivity index (χ0v) is 15.5. The van der Waals surface area contributed by atoms with E-state index in [2.05, 4.69) is 15.2 Å². The lowest BCUT2D eigenvalue weighted by atomic mass is 10.0. The van der Waals surface area contributed by atoms with Crippen molar-refractivity contribution in [1.82, 2.24) is 19.6 Å². The van der Waals surface area contributed by atoms with E-state index < -0.39 is 34.8 Å². The highest BCUT2D eigenvalue weighted by molar-refractivity contribution is 5.79. The molecule has 0 saturated heterocycles. The number of alkyl halides is 2. The van der Waals surface area contributed by atoms with E-state index in [0.717, 1.165) is 28.8 Å². The van der Waals surface area contributed by atoms with Gasteiger partial charge in [-0.15, -0.1) is 10.2 Å². The lowest BCUT2D eigenvalue weighted by molar-refractivity contribution is 0.0319. The zero-order chi connectivity index (χ0) is 21.8. The summed E-state index contributed by atoms with van der Waals surface area (Å²) in [7, 11) is 0. The predicted molar refractivity (Wildman–Crippen MR) is 103 cm³/mol. The molecule has 3 aromatic heterocycles. The smallest absolute Gasteiger partial charge is 0.278 e. The fourth-order valence-corrected chi connectivity index (χ4v) is 3.45. The lowest BCUT2D eigenvalue weighted by Crippen LogP contribution is -2.19. The fraction of sp³-hybridized carbons (Fsp3) is 0.0455. The van der Waals surface area contributed by atoms with Gasteiger partial charge in [-0.25, -0.2) is 13.2 Å². The summed E-state index contributed by atoms with van der Waals surface area (Å²) in [6.45, 7) is 0. The number of halogens is 5. The van der Waals surface area contributed by atoms with Gasteiger partial charge in [-0.2, -0.15) is 8.78 Å². The van der Waals surface area contributed by atoms with Gasteiger partial charge in [0.2, 0.25) is 5.82 Å². The van der Waals surface area contributed by atoms with Crippen molar-refractivity contribution in [3.63, 3.8) is 0 Å². The summed E-state index contributed by atoms with van der Waals surface area (Å²) in [5.74, 6) is -7.19. The molecule has 0 aliphatic rings. The van der Waals surface area contributed by atoms with Gasteiger partial charge >= 0.3 is 5.92 Å². The normalized spacial score (nSPS) is 12.0. The van der Waals surface area contributed by atoms with Crippen molar-refractivity contribution in [2.24, 2.45) is 0 Å². The van der Waals surface area contributed by atoms with E-state index >= 15 is 8.78 Å². The average molecular weight is 426 g/mol. The van der Waals surface area contributed by atoms with Crippen LogP contribution in [0.3, 0.4) is 0 Å². The summed E-state index contributed by atoms with van der Waals surface area (Å²) in [4.78, 5) is 4.10. The van der Waals surface area contributed by atoms with Gasteiger partial charge in [0.25, 0.3) is 0 Å². The molecule has 5 rings (SSSR count). The Bertz CT molecular complexity index is 1440. The predicted octanol–water partition coefficient (Wildman–Crippen LogP) is 5.50. The summed E-state index contributed by atoms with van der Waals surface area (Å²) in [5.41, 5.74) is -0.307. The molecule has 3 heterocycles. The van der Waals surface area contributed by atoms with Gasteiger partial charge in [0.15, 0.2) is 11.5 Å². The minimum absolute atomic E-state index is 0.0111. The molecule has 0 unspecified atom stereocenters. The number of pyridine rings is 2. The number of nitrogens with zero attached hydrogens (tertiary/aromatic N) is 4. The third kappa shape index (κ3) is 3.18. The molecule has 5 aromatic rings. The Morgan fingerprint density at radius 2 is 1.58 bits per heavy atom. The highest BCUT2D eigenvalue weighted by Gasteiger charge is 2.40. The minimum atomic E-state index is -3.64. The van der Waals surface area contributed by atoms with Crippen molar-refractivity contribution in [1.29, 1.82) is 0 Å². The highest BCUT2D eigenvalue weighted by Crippen LogP contribution is 2.37. The number of hydrogen-bond acceptors (Lipinski definition) is 3. The second kappa shape index (κ2) is 6.83. The van der Waals surface area contributed by atoms with E-state index in [0.29, 0.717) is 17.0 Å². The first-order valence-electron chi connectivity index (χ1n) is 9.07. The Morgan fingerprint density at radius 3 is 2.35 bits per heavy atom. The van der Waals surface area contributed by atoms with Crippen LogP contribution >= 0.6 is 0 Å². The van der Waals surface area contributed by atoms with Crippen LogP contribution in [0.25, 0.3) is 27.7 Å². The summed E-state index contributed by atoms with van der Waals surface area (Å²) >= 11 is 0. The zero-order valence-electron chi connectivity index (χ0n) is 15.5. The molecule has 0 radical (unpaired) electrons. The molecule has 0 saturated carbocycles. The Balaban J connectivity index is 1.69. The maximum absolute atomic E-state index is 15.4. The van der Waals surface area contributed by atoms with Crippen LogP contribution in [0.15, 0.2) is 67.0 Å². The first-order valence-corrected chi connectivity index (χ1v) is 9.07. The van der Waals surface area contributed by atoms with E-state index in [-0.39, 0.29) is 16.7 Å². The molecule has 0 N–H and O–H groups in total. The van der Waals surface area contributed by atoms with Crippen LogP contribution in [0.4, 0.5) is 22.0 Å². The molecule has 0 bridgehead atoms. The molecule has 0 aliphatic carbocycles. The molecular weight excluding hydrogens is 415 g/mol.